The Bertz CT molecular complexity index is 559. The molecule has 10 heteroatoms. The number of imide groups is 1. The molecule has 1 rings (SSSR count). The molecule has 0 aliphatic carbocycles. The van der Waals surface area contributed by atoms with Gasteiger partial charge in [0.25, 0.3) is 11.8 Å². The van der Waals surface area contributed by atoms with Crippen LogP contribution in [0.4, 0.5) is 0 Å². The second kappa shape index (κ2) is 11.2. The molecule has 1 aliphatic rings. The number of hydrogen-bond acceptors (Lipinski definition) is 6. The van der Waals surface area contributed by atoms with Crippen LogP contribution in [0, 0.1) is 0 Å². The maximum atomic E-state index is 11.8. The molecule has 1 N–H and O–H groups in total. The summed E-state index contributed by atoms with van der Waals surface area (Å²) in [6.07, 6.45) is 0.178. The number of nitrogens with one attached hydrogen (secondary N) is 1. The number of carbonyl (C=O) groups excluding carboxylic acids is 3. The van der Waals surface area contributed by atoms with Crippen LogP contribution in [0.3, 0.4) is 0 Å². The number of hydrogen-bond donors (Lipinski definition) is 1. The second-order valence-corrected chi connectivity index (χ2v) is 5.29. The average Bonchev–Trinajstić information content (AvgIpc) is 2.78. The first-order valence-electron chi connectivity index (χ1n) is 7.95. The lowest BCUT2D eigenvalue weighted by Crippen LogP contribution is -2.35. The Morgan fingerprint density at radius 1 is 1.12 bits per heavy atom. The SMILES string of the molecule is CC1=C(C)C(=O)N(CCOCCC(=O)NCCOCCN=[N+]=[N-])C1=O. The van der Waals surface area contributed by atoms with Gasteiger partial charge in [0.15, 0.2) is 0 Å². The van der Waals surface area contributed by atoms with E-state index in [9.17, 15) is 14.4 Å². The number of amides is 3. The Kier molecular flexibility index (Phi) is 9.23. The first-order valence-corrected chi connectivity index (χ1v) is 7.95. The number of rotatable bonds is 12. The lowest BCUT2D eigenvalue weighted by molar-refractivity contribution is -0.138. The minimum absolute atomic E-state index is 0.174. The Labute approximate surface area is 145 Å². The highest BCUT2D eigenvalue weighted by Crippen LogP contribution is 2.18. The number of carbonyl (C=O) groups is 3. The van der Waals surface area contributed by atoms with Crippen molar-refractivity contribution in [1.82, 2.24) is 10.2 Å². The molecule has 1 aliphatic heterocycles. The third-order valence-electron chi connectivity index (χ3n) is 3.59. The largest absolute Gasteiger partial charge is 0.379 e. The maximum Gasteiger partial charge on any atom is 0.256 e. The van der Waals surface area contributed by atoms with Crippen molar-refractivity contribution < 1.29 is 23.9 Å². The van der Waals surface area contributed by atoms with Crippen molar-refractivity contribution in [2.24, 2.45) is 5.11 Å². The normalized spacial score (nSPS) is 14.1. The molecule has 25 heavy (non-hydrogen) atoms. The van der Waals surface area contributed by atoms with Crippen LogP contribution in [-0.4, -0.2) is 68.7 Å². The molecule has 10 nitrogen and oxygen atoms in total. The van der Waals surface area contributed by atoms with Crippen molar-refractivity contribution in [3.63, 3.8) is 0 Å². The zero-order valence-electron chi connectivity index (χ0n) is 14.5. The van der Waals surface area contributed by atoms with E-state index in [1.807, 2.05) is 0 Å². The van der Waals surface area contributed by atoms with Gasteiger partial charge in [-0.1, -0.05) is 5.11 Å². The highest BCUT2D eigenvalue weighted by Gasteiger charge is 2.32. The lowest BCUT2D eigenvalue weighted by atomic mass is 10.2. The van der Waals surface area contributed by atoms with E-state index in [2.05, 4.69) is 15.3 Å². The molecule has 0 fully saturated rings. The smallest absolute Gasteiger partial charge is 0.256 e. The summed E-state index contributed by atoms with van der Waals surface area (Å²) in [5, 5.41) is 5.97. The van der Waals surface area contributed by atoms with E-state index in [-0.39, 0.29) is 50.4 Å². The van der Waals surface area contributed by atoms with Gasteiger partial charge in [0.05, 0.1) is 33.0 Å². The molecular weight excluding hydrogens is 330 g/mol. The fourth-order valence-corrected chi connectivity index (χ4v) is 2.05. The van der Waals surface area contributed by atoms with E-state index in [1.165, 1.54) is 0 Å². The van der Waals surface area contributed by atoms with Crippen LogP contribution >= 0.6 is 0 Å². The van der Waals surface area contributed by atoms with Crippen molar-refractivity contribution in [2.75, 3.05) is 46.1 Å². The van der Waals surface area contributed by atoms with E-state index in [1.54, 1.807) is 13.8 Å². The molecule has 0 unspecified atom stereocenters. The predicted octanol–water partition coefficient (Wildman–Crippen LogP) is 0.541. The summed E-state index contributed by atoms with van der Waals surface area (Å²) in [7, 11) is 0. The average molecular weight is 353 g/mol. The molecule has 3 amide bonds. The molecule has 0 bridgehead atoms. The summed E-state index contributed by atoms with van der Waals surface area (Å²) < 4.78 is 10.4. The number of azide groups is 1. The molecule has 0 radical (unpaired) electrons. The van der Waals surface area contributed by atoms with Gasteiger partial charge in [0.1, 0.15) is 0 Å². The topological polar surface area (TPSA) is 134 Å². The minimum Gasteiger partial charge on any atom is -0.379 e. The van der Waals surface area contributed by atoms with E-state index in [4.69, 9.17) is 15.0 Å². The molecule has 1 heterocycles. The van der Waals surface area contributed by atoms with E-state index in [0.717, 1.165) is 4.90 Å². The predicted molar refractivity (Wildman–Crippen MR) is 88.4 cm³/mol. The van der Waals surface area contributed by atoms with Crippen molar-refractivity contribution in [1.29, 1.82) is 0 Å². The summed E-state index contributed by atoms with van der Waals surface area (Å²) in [6, 6.07) is 0. The molecule has 0 aromatic rings. The Balaban J connectivity index is 2.03. The van der Waals surface area contributed by atoms with Gasteiger partial charge >= 0.3 is 0 Å². The highest BCUT2D eigenvalue weighted by atomic mass is 16.5. The van der Waals surface area contributed by atoms with Gasteiger partial charge in [0.2, 0.25) is 5.91 Å². The van der Waals surface area contributed by atoms with Crippen LogP contribution in [0.1, 0.15) is 20.3 Å². The molecule has 0 saturated heterocycles. The molecule has 0 saturated carbocycles. The molecular formula is C15H23N5O5. The summed E-state index contributed by atoms with van der Waals surface area (Å²) >= 11 is 0. The standard InChI is InChI=1S/C15H23N5O5/c1-11-12(2)15(23)20(14(11)22)6-10-24-7-3-13(21)17-4-8-25-9-5-18-19-16/h3-10H2,1-2H3,(H,17,21). The molecule has 0 spiro atoms. The molecule has 0 aromatic heterocycles. The fourth-order valence-electron chi connectivity index (χ4n) is 2.05. The summed E-state index contributed by atoms with van der Waals surface area (Å²) in [5.74, 6) is -0.756. The Hall–Kier alpha value is -2.42. The van der Waals surface area contributed by atoms with Crippen LogP contribution in [0.2, 0.25) is 0 Å². The zero-order chi connectivity index (χ0) is 18.7. The monoisotopic (exact) mass is 353 g/mol. The van der Waals surface area contributed by atoms with Crippen molar-refractivity contribution in [3.05, 3.63) is 21.6 Å². The summed E-state index contributed by atoms with van der Waals surface area (Å²) in [5.41, 5.74) is 9.00. The van der Waals surface area contributed by atoms with Gasteiger partial charge in [0, 0.05) is 35.6 Å². The Morgan fingerprint density at radius 3 is 2.40 bits per heavy atom. The number of ether oxygens (including phenoxy) is 2. The second-order valence-electron chi connectivity index (χ2n) is 5.29. The van der Waals surface area contributed by atoms with Crippen LogP contribution in [0.25, 0.3) is 10.4 Å². The summed E-state index contributed by atoms with van der Waals surface area (Å²) in [6.45, 7) is 5.07. The van der Waals surface area contributed by atoms with Gasteiger partial charge in [-0.15, -0.1) is 0 Å². The van der Waals surface area contributed by atoms with Gasteiger partial charge in [-0.3, -0.25) is 19.3 Å². The van der Waals surface area contributed by atoms with Gasteiger partial charge in [-0.2, -0.15) is 0 Å². The Morgan fingerprint density at radius 2 is 1.76 bits per heavy atom. The van der Waals surface area contributed by atoms with Crippen molar-refractivity contribution >= 4 is 17.7 Å². The minimum atomic E-state index is -0.288. The van der Waals surface area contributed by atoms with Gasteiger partial charge < -0.3 is 14.8 Å². The van der Waals surface area contributed by atoms with Crippen LogP contribution < -0.4 is 5.32 Å². The molecule has 0 atom stereocenters. The van der Waals surface area contributed by atoms with Gasteiger partial charge in [-0.05, 0) is 19.4 Å². The van der Waals surface area contributed by atoms with Crippen LogP contribution in [0.15, 0.2) is 16.3 Å². The van der Waals surface area contributed by atoms with Gasteiger partial charge in [-0.25, -0.2) is 0 Å². The third-order valence-corrected chi connectivity index (χ3v) is 3.59. The quantitative estimate of drug-likeness (QED) is 0.180. The third kappa shape index (κ3) is 6.92. The van der Waals surface area contributed by atoms with Crippen molar-refractivity contribution in [2.45, 2.75) is 20.3 Å². The first kappa shape index (κ1) is 20.6. The van der Waals surface area contributed by atoms with E-state index in [0.29, 0.717) is 30.9 Å². The molecule has 138 valence electrons. The highest BCUT2D eigenvalue weighted by molar-refractivity contribution is 6.18. The van der Waals surface area contributed by atoms with Crippen LogP contribution in [-0.2, 0) is 23.9 Å². The van der Waals surface area contributed by atoms with E-state index >= 15 is 0 Å². The van der Waals surface area contributed by atoms with E-state index < -0.39 is 0 Å². The van der Waals surface area contributed by atoms with Crippen molar-refractivity contribution in [3.8, 4) is 0 Å². The maximum absolute atomic E-state index is 11.8. The summed E-state index contributed by atoms with van der Waals surface area (Å²) in [4.78, 5) is 38.9. The first-order chi connectivity index (χ1) is 12.0. The lowest BCUT2D eigenvalue weighted by Gasteiger charge is -2.14. The fraction of sp³-hybridized carbons (Fsp3) is 0.667. The van der Waals surface area contributed by atoms with Crippen LogP contribution in [0.5, 0.6) is 0 Å². The zero-order valence-corrected chi connectivity index (χ0v) is 14.5. The molecule has 0 aromatic carbocycles. The number of nitrogens with zero attached hydrogens (tertiary/aromatic N) is 4.